The monoisotopic (exact) mass is 394 g/mol. The van der Waals surface area contributed by atoms with E-state index < -0.39 is 6.04 Å². The minimum absolute atomic E-state index is 0.0132. The molecule has 2 amide bonds. The quantitative estimate of drug-likeness (QED) is 0.726. The third-order valence-electron chi connectivity index (χ3n) is 4.84. The van der Waals surface area contributed by atoms with Gasteiger partial charge in [-0.25, -0.2) is 0 Å². The summed E-state index contributed by atoms with van der Waals surface area (Å²) in [6, 6.07) is 17.6. The predicted molar refractivity (Wildman–Crippen MR) is 119 cm³/mol. The zero-order chi connectivity index (χ0) is 21.4. The van der Waals surface area contributed by atoms with Crippen LogP contribution in [0.15, 0.2) is 54.6 Å². The molecule has 2 aromatic carbocycles. The summed E-state index contributed by atoms with van der Waals surface area (Å²) < 4.78 is 0. The molecule has 1 N–H and O–H groups in total. The van der Waals surface area contributed by atoms with Crippen molar-refractivity contribution < 1.29 is 9.59 Å². The maximum Gasteiger partial charge on any atom is 0.243 e. The maximum absolute atomic E-state index is 13.2. The van der Waals surface area contributed by atoms with Crippen LogP contribution in [-0.4, -0.2) is 34.8 Å². The van der Waals surface area contributed by atoms with Crippen molar-refractivity contribution in [3.8, 4) is 0 Å². The molecule has 4 nitrogen and oxygen atoms in total. The predicted octanol–water partition coefficient (Wildman–Crippen LogP) is 4.30. The Kier molecular flexibility index (Phi) is 8.00. The van der Waals surface area contributed by atoms with Gasteiger partial charge >= 0.3 is 0 Å². The number of nitrogens with one attached hydrogen (secondary N) is 1. The Morgan fingerprint density at radius 3 is 2.14 bits per heavy atom. The first kappa shape index (κ1) is 22.7. The fraction of sp³-hybridized carbons (Fsp3) is 0.440. The molecule has 156 valence electrons. The molecule has 0 heterocycles. The summed E-state index contributed by atoms with van der Waals surface area (Å²) in [6.45, 7) is 10.4. The first-order chi connectivity index (χ1) is 13.7. The number of amides is 2. The number of benzene rings is 2. The molecule has 0 saturated carbocycles. The fourth-order valence-corrected chi connectivity index (χ4v) is 3.33. The van der Waals surface area contributed by atoms with Gasteiger partial charge in [0.05, 0.1) is 6.42 Å². The van der Waals surface area contributed by atoms with Gasteiger partial charge in [-0.05, 0) is 51.7 Å². The number of nitrogens with zero attached hydrogens (tertiary/aromatic N) is 1. The van der Waals surface area contributed by atoms with Crippen LogP contribution in [0.3, 0.4) is 0 Å². The van der Waals surface area contributed by atoms with E-state index in [0.29, 0.717) is 19.4 Å². The topological polar surface area (TPSA) is 49.4 Å². The van der Waals surface area contributed by atoms with Crippen LogP contribution in [0.1, 0.15) is 50.8 Å². The van der Waals surface area contributed by atoms with Gasteiger partial charge in [0.25, 0.3) is 0 Å². The second-order valence-electron chi connectivity index (χ2n) is 8.65. The smallest absolute Gasteiger partial charge is 0.243 e. The van der Waals surface area contributed by atoms with E-state index >= 15 is 0 Å². The van der Waals surface area contributed by atoms with Crippen molar-refractivity contribution in [1.29, 1.82) is 0 Å². The molecule has 0 fully saturated rings. The van der Waals surface area contributed by atoms with Crippen LogP contribution in [0.5, 0.6) is 0 Å². The molecule has 0 aromatic heterocycles. The second kappa shape index (κ2) is 10.2. The Morgan fingerprint density at radius 1 is 0.966 bits per heavy atom. The molecule has 0 aliphatic heterocycles. The lowest BCUT2D eigenvalue weighted by atomic mass is 10.0. The SMILES string of the molecule is CC[C@@H](C(=O)NC(C)(C)C)N(CCc1ccccc1)C(=O)Cc1ccc(C)cc1. The maximum atomic E-state index is 13.2. The van der Waals surface area contributed by atoms with Crippen molar-refractivity contribution in [2.24, 2.45) is 0 Å². The van der Waals surface area contributed by atoms with E-state index in [0.717, 1.165) is 23.1 Å². The van der Waals surface area contributed by atoms with Crippen LogP contribution in [0, 0.1) is 6.92 Å². The normalized spacial score (nSPS) is 12.3. The van der Waals surface area contributed by atoms with Crippen LogP contribution in [0.25, 0.3) is 0 Å². The van der Waals surface area contributed by atoms with Crippen LogP contribution in [0.4, 0.5) is 0 Å². The number of rotatable bonds is 8. The third-order valence-corrected chi connectivity index (χ3v) is 4.84. The zero-order valence-corrected chi connectivity index (χ0v) is 18.4. The van der Waals surface area contributed by atoms with E-state index in [1.165, 1.54) is 0 Å². The summed E-state index contributed by atoms with van der Waals surface area (Å²) in [5.41, 5.74) is 2.96. The lowest BCUT2D eigenvalue weighted by molar-refractivity contribution is -0.140. The Labute approximate surface area is 175 Å². The number of carbonyl (C=O) groups excluding carboxylic acids is 2. The minimum Gasteiger partial charge on any atom is -0.350 e. The molecule has 4 heteroatoms. The highest BCUT2D eigenvalue weighted by molar-refractivity contribution is 5.88. The van der Waals surface area contributed by atoms with Gasteiger partial charge in [-0.2, -0.15) is 0 Å². The van der Waals surface area contributed by atoms with Gasteiger partial charge in [0, 0.05) is 12.1 Å². The van der Waals surface area contributed by atoms with E-state index in [1.54, 1.807) is 4.90 Å². The fourth-order valence-electron chi connectivity index (χ4n) is 3.33. The van der Waals surface area contributed by atoms with Crippen molar-refractivity contribution in [1.82, 2.24) is 10.2 Å². The van der Waals surface area contributed by atoms with Crippen molar-refractivity contribution in [2.45, 2.75) is 65.5 Å². The van der Waals surface area contributed by atoms with E-state index in [4.69, 9.17) is 0 Å². The molecule has 0 aliphatic carbocycles. The molecule has 29 heavy (non-hydrogen) atoms. The second-order valence-corrected chi connectivity index (χ2v) is 8.65. The van der Waals surface area contributed by atoms with Crippen molar-refractivity contribution in [2.75, 3.05) is 6.54 Å². The van der Waals surface area contributed by atoms with Crippen molar-refractivity contribution in [3.63, 3.8) is 0 Å². The molecule has 0 aliphatic rings. The van der Waals surface area contributed by atoms with Gasteiger partial charge in [0.15, 0.2) is 0 Å². The molecule has 0 spiro atoms. The number of aryl methyl sites for hydroxylation is 1. The number of carbonyl (C=O) groups is 2. The van der Waals surface area contributed by atoms with Crippen LogP contribution >= 0.6 is 0 Å². The van der Waals surface area contributed by atoms with E-state index in [-0.39, 0.29) is 17.4 Å². The highest BCUT2D eigenvalue weighted by atomic mass is 16.2. The number of hydrogen-bond acceptors (Lipinski definition) is 2. The van der Waals surface area contributed by atoms with Gasteiger partial charge in [-0.3, -0.25) is 9.59 Å². The summed E-state index contributed by atoms with van der Waals surface area (Å²) in [6.07, 6.45) is 1.60. The Balaban J connectivity index is 2.21. The molecule has 2 aromatic rings. The summed E-state index contributed by atoms with van der Waals surface area (Å²) in [5.74, 6) is -0.106. The van der Waals surface area contributed by atoms with Gasteiger partial charge < -0.3 is 10.2 Å². The van der Waals surface area contributed by atoms with E-state index in [9.17, 15) is 9.59 Å². The molecular weight excluding hydrogens is 360 g/mol. The highest BCUT2D eigenvalue weighted by Crippen LogP contribution is 2.14. The lowest BCUT2D eigenvalue weighted by Gasteiger charge is -2.33. The lowest BCUT2D eigenvalue weighted by Crippen LogP contribution is -2.54. The molecule has 1 atom stereocenters. The number of hydrogen-bond donors (Lipinski definition) is 1. The molecule has 0 unspecified atom stereocenters. The van der Waals surface area contributed by atoms with Crippen LogP contribution in [-0.2, 0) is 22.4 Å². The van der Waals surface area contributed by atoms with Crippen molar-refractivity contribution >= 4 is 11.8 Å². The minimum atomic E-state index is -0.476. The van der Waals surface area contributed by atoms with Gasteiger partial charge in [0.1, 0.15) is 6.04 Å². The van der Waals surface area contributed by atoms with Crippen LogP contribution < -0.4 is 5.32 Å². The Hall–Kier alpha value is -2.62. The Bertz CT molecular complexity index is 792. The molecule has 2 rings (SSSR count). The average molecular weight is 395 g/mol. The van der Waals surface area contributed by atoms with Crippen LogP contribution in [0.2, 0.25) is 0 Å². The van der Waals surface area contributed by atoms with Gasteiger partial charge in [-0.15, -0.1) is 0 Å². The summed E-state index contributed by atoms with van der Waals surface area (Å²) >= 11 is 0. The molecule has 0 bridgehead atoms. The van der Waals surface area contributed by atoms with Crippen molar-refractivity contribution in [3.05, 3.63) is 71.3 Å². The highest BCUT2D eigenvalue weighted by Gasteiger charge is 2.30. The molecule has 0 radical (unpaired) electrons. The standard InChI is InChI=1S/C25H34N2O2/c1-6-22(24(29)26-25(3,4)5)27(17-16-20-10-8-7-9-11-20)23(28)18-21-14-12-19(2)13-15-21/h7-15,22H,6,16-18H2,1-5H3,(H,26,29)/t22-/m0/s1. The largest absolute Gasteiger partial charge is 0.350 e. The zero-order valence-electron chi connectivity index (χ0n) is 18.4. The first-order valence-corrected chi connectivity index (χ1v) is 10.4. The summed E-state index contributed by atoms with van der Waals surface area (Å²) in [5, 5.41) is 3.04. The molecular formula is C25H34N2O2. The van der Waals surface area contributed by atoms with E-state index in [1.807, 2.05) is 77.1 Å². The Morgan fingerprint density at radius 2 is 1.59 bits per heavy atom. The molecule has 0 saturated heterocycles. The van der Waals surface area contributed by atoms with Gasteiger partial charge in [0.2, 0.25) is 11.8 Å². The first-order valence-electron chi connectivity index (χ1n) is 10.4. The van der Waals surface area contributed by atoms with Gasteiger partial charge in [-0.1, -0.05) is 67.1 Å². The summed E-state index contributed by atoms with van der Waals surface area (Å²) in [7, 11) is 0. The third kappa shape index (κ3) is 7.37. The average Bonchev–Trinajstić information content (AvgIpc) is 2.66. The summed E-state index contributed by atoms with van der Waals surface area (Å²) in [4.78, 5) is 27.9. The van der Waals surface area contributed by atoms with E-state index in [2.05, 4.69) is 17.4 Å².